The smallest absolute Gasteiger partial charge is 0.226 e. The molecule has 3 unspecified atom stereocenters. The van der Waals surface area contributed by atoms with Gasteiger partial charge in [0.15, 0.2) is 0 Å². The van der Waals surface area contributed by atoms with Gasteiger partial charge in [0.2, 0.25) is 5.91 Å². The van der Waals surface area contributed by atoms with Gasteiger partial charge in [-0.3, -0.25) is 4.79 Å². The topological polar surface area (TPSA) is 20.3 Å². The second-order valence-corrected chi connectivity index (χ2v) is 7.06. The summed E-state index contributed by atoms with van der Waals surface area (Å²) in [6.45, 7) is 8.28. The van der Waals surface area contributed by atoms with E-state index in [1.54, 1.807) is 0 Å². The molecule has 2 rings (SSSR count). The molecule has 2 fully saturated rings. The minimum atomic E-state index is 0.136. The molecule has 0 aromatic heterocycles. The number of piperidine rings is 1. The largest absolute Gasteiger partial charge is 0.341 e. The van der Waals surface area contributed by atoms with E-state index in [-0.39, 0.29) is 16.7 Å². The normalized spacial score (nSPS) is 37.2. The molecule has 0 spiro atoms. The van der Waals surface area contributed by atoms with Crippen molar-refractivity contribution in [2.45, 2.75) is 51.8 Å². The summed E-state index contributed by atoms with van der Waals surface area (Å²) in [5.41, 5.74) is 0.182. The number of rotatable bonds is 1. The number of halogens is 1. The van der Waals surface area contributed by atoms with Gasteiger partial charge in [-0.15, -0.1) is 11.6 Å². The van der Waals surface area contributed by atoms with Crippen LogP contribution in [0.4, 0.5) is 0 Å². The van der Waals surface area contributed by atoms with Crippen molar-refractivity contribution in [2.24, 2.45) is 17.3 Å². The number of likely N-dealkylation sites (tertiary alicyclic amines) is 1. The molecule has 0 bridgehead atoms. The molecule has 2 aliphatic rings. The maximum Gasteiger partial charge on any atom is 0.226 e. The molecule has 0 aromatic rings. The van der Waals surface area contributed by atoms with Crippen LogP contribution in [0.1, 0.15) is 46.5 Å². The quantitative estimate of drug-likeness (QED) is 0.660. The second-order valence-electron chi connectivity index (χ2n) is 6.50. The average molecular weight is 258 g/mol. The van der Waals surface area contributed by atoms with Crippen LogP contribution in [0.25, 0.3) is 0 Å². The summed E-state index contributed by atoms with van der Waals surface area (Å²) in [7, 11) is 0. The van der Waals surface area contributed by atoms with Gasteiger partial charge in [-0.05, 0) is 30.6 Å². The van der Waals surface area contributed by atoms with E-state index < -0.39 is 0 Å². The van der Waals surface area contributed by atoms with Crippen molar-refractivity contribution in [1.82, 2.24) is 4.90 Å². The van der Waals surface area contributed by atoms with Gasteiger partial charge in [0.1, 0.15) is 0 Å². The fraction of sp³-hybridized carbons (Fsp3) is 0.929. The first-order valence-corrected chi connectivity index (χ1v) is 7.28. The summed E-state index contributed by atoms with van der Waals surface area (Å²) in [4.78, 5) is 14.5. The molecule has 98 valence electrons. The Kier molecular flexibility index (Phi) is 3.72. The van der Waals surface area contributed by atoms with E-state index >= 15 is 0 Å². The van der Waals surface area contributed by atoms with Crippen LogP contribution in [0.5, 0.6) is 0 Å². The maximum absolute atomic E-state index is 12.5. The van der Waals surface area contributed by atoms with Crippen LogP contribution in [0.2, 0.25) is 0 Å². The van der Waals surface area contributed by atoms with Crippen molar-refractivity contribution in [1.29, 1.82) is 0 Å². The fourth-order valence-electron chi connectivity index (χ4n) is 3.23. The highest BCUT2D eigenvalue weighted by atomic mass is 35.5. The first-order chi connectivity index (χ1) is 7.92. The Morgan fingerprint density at radius 3 is 2.59 bits per heavy atom. The van der Waals surface area contributed by atoms with Gasteiger partial charge in [-0.1, -0.05) is 27.2 Å². The van der Waals surface area contributed by atoms with Crippen molar-refractivity contribution in [3.05, 3.63) is 0 Å². The summed E-state index contributed by atoms with van der Waals surface area (Å²) in [5.74, 6) is 1.11. The summed E-state index contributed by atoms with van der Waals surface area (Å²) in [6.07, 6.45) is 4.48. The third-order valence-electron chi connectivity index (χ3n) is 4.73. The zero-order valence-corrected chi connectivity index (χ0v) is 12.0. The Hall–Kier alpha value is -0.240. The number of carbonyl (C=O) groups is 1. The predicted octanol–water partition coefficient (Wildman–Crippen LogP) is 3.29. The van der Waals surface area contributed by atoms with Crippen LogP contribution < -0.4 is 0 Å². The van der Waals surface area contributed by atoms with Crippen LogP contribution >= 0.6 is 11.6 Å². The minimum Gasteiger partial charge on any atom is -0.341 e. The average Bonchev–Trinajstić information content (AvgIpc) is 2.61. The van der Waals surface area contributed by atoms with E-state index in [1.807, 2.05) is 4.90 Å². The molecule has 0 N–H and O–H groups in total. The van der Waals surface area contributed by atoms with E-state index in [0.717, 1.165) is 25.9 Å². The summed E-state index contributed by atoms with van der Waals surface area (Å²) < 4.78 is 0. The third kappa shape index (κ3) is 2.62. The number of hydrogen-bond donors (Lipinski definition) is 0. The Morgan fingerprint density at radius 1 is 1.35 bits per heavy atom. The highest BCUT2D eigenvalue weighted by Crippen LogP contribution is 2.43. The summed E-state index contributed by atoms with van der Waals surface area (Å²) in [5, 5.41) is 0.136. The standard InChI is InChI=1S/C14H24ClNO/c1-10-6-8-16(9-12(10)15)13(17)11-5-4-7-14(11,2)3/h10-12H,4-9H2,1-3H3. The SMILES string of the molecule is CC1CCN(C(=O)C2CCCC2(C)C)CC1Cl. The predicted molar refractivity (Wildman–Crippen MR) is 71.1 cm³/mol. The fourth-order valence-corrected chi connectivity index (χ4v) is 3.52. The number of amides is 1. The first-order valence-electron chi connectivity index (χ1n) is 6.84. The van der Waals surface area contributed by atoms with Crippen molar-refractivity contribution in [3.63, 3.8) is 0 Å². The lowest BCUT2D eigenvalue weighted by molar-refractivity contribution is -0.139. The Balaban J connectivity index is 2.01. The van der Waals surface area contributed by atoms with Gasteiger partial charge >= 0.3 is 0 Å². The van der Waals surface area contributed by atoms with Crippen LogP contribution in [-0.4, -0.2) is 29.3 Å². The highest BCUT2D eigenvalue weighted by molar-refractivity contribution is 6.21. The van der Waals surface area contributed by atoms with Crippen LogP contribution in [0, 0.1) is 17.3 Å². The maximum atomic E-state index is 12.5. The van der Waals surface area contributed by atoms with Gasteiger partial charge in [0, 0.05) is 19.0 Å². The van der Waals surface area contributed by atoms with Crippen LogP contribution in [0.15, 0.2) is 0 Å². The molecule has 1 amide bonds. The summed E-state index contributed by atoms with van der Waals surface area (Å²) >= 11 is 6.29. The van der Waals surface area contributed by atoms with E-state index in [2.05, 4.69) is 20.8 Å². The molecule has 1 saturated carbocycles. The second kappa shape index (κ2) is 4.79. The van der Waals surface area contributed by atoms with E-state index in [1.165, 1.54) is 12.8 Å². The molecule has 1 saturated heterocycles. The van der Waals surface area contributed by atoms with Crippen LogP contribution in [0.3, 0.4) is 0 Å². The number of nitrogens with zero attached hydrogens (tertiary/aromatic N) is 1. The Labute approximate surface area is 110 Å². The Bertz CT molecular complexity index is 303. The van der Waals surface area contributed by atoms with Crippen LogP contribution in [-0.2, 0) is 4.79 Å². The van der Waals surface area contributed by atoms with E-state index in [4.69, 9.17) is 11.6 Å². The molecule has 1 aliphatic heterocycles. The Morgan fingerprint density at radius 2 is 2.06 bits per heavy atom. The van der Waals surface area contributed by atoms with Crippen molar-refractivity contribution in [3.8, 4) is 0 Å². The molecule has 0 radical (unpaired) electrons. The number of alkyl halides is 1. The molecular formula is C14H24ClNO. The lowest BCUT2D eigenvalue weighted by Gasteiger charge is -2.38. The first kappa shape index (κ1) is 13.2. The third-order valence-corrected chi connectivity index (χ3v) is 5.30. The highest BCUT2D eigenvalue weighted by Gasteiger charge is 2.42. The van der Waals surface area contributed by atoms with Crippen molar-refractivity contribution < 1.29 is 4.79 Å². The zero-order chi connectivity index (χ0) is 12.6. The molecule has 17 heavy (non-hydrogen) atoms. The van der Waals surface area contributed by atoms with Gasteiger partial charge in [0.05, 0.1) is 5.38 Å². The van der Waals surface area contributed by atoms with Gasteiger partial charge in [-0.25, -0.2) is 0 Å². The lowest BCUT2D eigenvalue weighted by atomic mass is 9.80. The molecule has 3 atom stereocenters. The lowest BCUT2D eigenvalue weighted by Crippen LogP contribution is -2.47. The monoisotopic (exact) mass is 257 g/mol. The molecule has 0 aromatic carbocycles. The van der Waals surface area contributed by atoms with E-state index in [0.29, 0.717) is 11.8 Å². The van der Waals surface area contributed by atoms with Crippen molar-refractivity contribution in [2.75, 3.05) is 13.1 Å². The molecule has 1 heterocycles. The zero-order valence-electron chi connectivity index (χ0n) is 11.2. The molecule has 2 nitrogen and oxygen atoms in total. The minimum absolute atomic E-state index is 0.136. The van der Waals surface area contributed by atoms with Gasteiger partial charge in [-0.2, -0.15) is 0 Å². The summed E-state index contributed by atoms with van der Waals surface area (Å²) in [6, 6.07) is 0. The van der Waals surface area contributed by atoms with Crippen molar-refractivity contribution >= 4 is 17.5 Å². The van der Waals surface area contributed by atoms with Gasteiger partial charge < -0.3 is 4.90 Å². The number of hydrogen-bond acceptors (Lipinski definition) is 1. The molecule has 3 heteroatoms. The number of carbonyl (C=O) groups excluding carboxylic acids is 1. The van der Waals surface area contributed by atoms with Gasteiger partial charge in [0.25, 0.3) is 0 Å². The molecular weight excluding hydrogens is 234 g/mol. The van der Waals surface area contributed by atoms with E-state index in [9.17, 15) is 4.79 Å². The molecule has 1 aliphatic carbocycles.